The highest BCUT2D eigenvalue weighted by Gasteiger charge is 2.47. The van der Waals surface area contributed by atoms with Crippen LogP contribution in [0.25, 0.3) is 0 Å². The molecule has 0 aromatic heterocycles. The van der Waals surface area contributed by atoms with Gasteiger partial charge in [-0.25, -0.2) is 4.79 Å². The van der Waals surface area contributed by atoms with E-state index >= 15 is 0 Å². The molecule has 128 valence electrons. The largest absolute Gasteiger partial charge is 0.481 e. The van der Waals surface area contributed by atoms with E-state index in [2.05, 4.69) is 5.32 Å². The fourth-order valence-corrected chi connectivity index (χ4v) is 3.00. The summed E-state index contributed by atoms with van der Waals surface area (Å²) >= 11 is 0. The van der Waals surface area contributed by atoms with Crippen LogP contribution < -0.4 is 5.32 Å². The first-order valence-electron chi connectivity index (χ1n) is 7.22. The van der Waals surface area contributed by atoms with E-state index in [-0.39, 0.29) is 11.3 Å². The number of nitrogens with zero attached hydrogens (tertiary/aromatic N) is 1. The minimum Gasteiger partial charge on any atom is -0.481 e. The molecule has 2 N–H and O–H groups in total. The van der Waals surface area contributed by atoms with Gasteiger partial charge in [0.15, 0.2) is 0 Å². The number of non-ortho nitro benzene ring substituents is 1. The van der Waals surface area contributed by atoms with Gasteiger partial charge in [0.1, 0.15) is 0 Å². The van der Waals surface area contributed by atoms with Crippen LogP contribution >= 0.6 is 0 Å². The number of carbonyl (C=O) groups is 2. The number of hydrogen-bond acceptors (Lipinski definition) is 6. The molecule has 2 atom stereocenters. The number of esters is 1. The van der Waals surface area contributed by atoms with E-state index in [1.165, 1.54) is 31.5 Å². The van der Waals surface area contributed by atoms with Crippen molar-refractivity contribution >= 4 is 17.6 Å². The Hall–Kier alpha value is -2.90. The van der Waals surface area contributed by atoms with E-state index in [0.717, 1.165) is 0 Å². The molecule has 8 heteroatoms. The molecule has 0 aliphatic carbocycles. The molecule has 1 aliphatic rings. The van der Waals surface area contributed by atoms with Crippen molar-refractivity contribution in [2.24, 2.45) is 5.92 Å². The van der Waals surface area contributed by atoms with Gasteiger partial charge < -0.3 is 15.2 Å². The SMILES string of the molecule is COC(=O)C1=CNC(C)(C)C(C(=O)O)C1c1cccc([N+](=O)[O-])c1. The first kappa shape index (κ1) is 17.5. The van der Waals surface area contributed by atoms with E-state index < -0.39 is 34.2 Å². The summed E-state index contributed by atoms with van der Waals surface area (Å²) in [5.74, 6) is -3.68. The molecule has 0 saturated carbocycles. The van der Waals surface area contributed by atoms with Crippen LogP contribution in [0.5, 0.6) is 0 Å². The van der Waals surface area contributed by atoms with E-state index in [9.17, 15) is 24.8 Å². The second-order valence-electron chi connectivity index (χ2n) is 6.10. The van der Waals surface area contributed by atoms with Crippen LogP contribution in [-0.2, 0) is 14.3 Å². The summed E-state index contributed by atoms with van der Waals surface area (Å²) in [6.45, 7) is 3.39. The van der Waals surface area contributed by atoms with Crippen LogP contribution in [0.3, 0.4) is 0 Å². The second kappa shape index (κ2) is 6.31. The van der Waals surface area contributed by atoms with E-state index in [1.807, 2.05) is 0 Å². The fraction of sp³-hybridized carbons (Fsp3) is 0.375. The highest BCUT2D eigenvalue weighted by atomic mass is 16.6. The number of rotatable bonds is 4. The Morgan fingerprint density at radius 2 is 2.04 bits per heavy atom. The maximum absolute atomic E-state index is 12.1. The number of nitro groups is 1. The molecule has 0 bridgehead atoms. The van der Waals surface area contributed by atoms with Crippen LogP contribution in [-0.4, -0.2) is 34.6 Å². The van der Waals surface area contributed by atoms with Crippen LogP contribution in [0.2, 0.25) is 0 Å². The average molecular weight is 334 g/mol. The lowest BCUT2D eigenvalue weighted by Gasteiger charge is -2.41. The molecule has 1 aromatic carbocycles. The van der Waals surface area contributed by atoms with Crippen LogP contribution in [0.4, 0.5) is 5.69 Å². The lowest BCUT2D eigenvalue weighted by Crippen LogP contribution is -2.53. The van der Waals surface area contributed by atoms with Gasteiger partial charge in [-0.3, -0.25) is 14.9 Å². The molecule has 2 rings (SSSR count). The topological polar surface area (TPSA) is 119 Å². The third-order valence-corrected chi connectivity index (χ3v) is 4.17. The molecule has 1 heterocycles. The zero-order chi connectivity index (χ0) is 18.1. The highest BCUT2D eigenvalue weighted by Crippen LogP contribution is 2.42. The first-order valence-corrected chi connectivity index (χ1v) is 7.22. The van der Waals surface area contributed by atoms with E-state index in [4.69, 9.17) is 4.74 Å². The fourth-order valence-electron chi connectivity index (χ4n) is 3.00. The molecule has 0 spiro atoms. The van der Waals surface area contributed by atoms with Gasteiger partial charge in [-0.15, -0.1) is 0 Å². The number of carboxylic acids is 1. The van der Waals surface area contributed by atoms with Gasteiger partial charge in [-0.2, -0.15) is 0 Å². The predicted molar refractivity (Wildman–Crippen MR) is 84.3 cm³/mol. The van der Waals surface area contributed by atoms with E-state index in [1.54, 1.807) is 19.9 Å². The smallest absolute Gasteiger partial charge is 0.335 e. The Morgan fingerprint density at radius 1 is 1.38 bits per heavy atom. The van der Waals surface area contributed by atoms with Crippen molar-refractivity contribution in [3.8, 4) is 0 Å². The summed E-state index contributed by atoms with van der Waals surface area (Å²) in [5, 5.41) is 23.6. The highest BCUT2D eigenvalue weighted by molar-refractivity contribution is 5.92. The summed E-state index contributed by atoms with van der Waals surface area (Å²) in [6.07, 6.45) is 1.43. The van der Waals surface area contributed by atoms with Gasteiger partial charge in [-0.05, 0) is 19.4 Å². The van der Waals surface area contributed by atoms with Crippen molar-refractivity contribution in [3.05, 3.63) is 51.7 Å². The number of aliphatic carboxylic acids is 1. The zero-order valence-electron chi connectivity index (χ0n) is 13.5. The van der Waals surface area contributed by atoms with Crippen LogP contribution in [0.15, 0.2) is 36.0 Å². The van der Waals surface area contributed by atoms with Gasteiger partial charge in [0.25, 0.3) is 5.69 Å². The number of hydrogen-bond donors (Lipinski definition) is 2. The maximum Gasteiger partial charge on any atom is 0.335 e. The van der Waals surface area contributed by atoms with Crippen molar-refractivity contribution in [2.75, 3.05) is 7.11 Å². The van der Waals surface area contributed by atoms with Crippen molar-refractivity contribution in [3.63, 3.8) is 0 Å². The van der Waals surface area contributed by atoms with E-state index in [0.29, 0.717) is 5.56 Å². The second-order valence-corrected chi connectivity index (χ2v) is 6.10. The molecule has 0 radical (unpaired) electrons. The Labute approximate surface area is 138 Å². The lowest BCUT2D eigenvalue weighted by molar-refractivity contribution is -0.384. The normalized spacial score (nSPS) is 22.0. The molecule has 1 aliphatic heterocycles. The Kier molecular flexibility index (Phi) is 4.59. The average Bonchev–Trinajstić information content (AvgIpc) is 2.52. The Balaban J connectivity index is 2.65. The van der Waals surface area contributed by atoms with Crippen molar-refractivity contribution in [1.29, 1.82) is 0 Å². The standard InChI is InChI=1S/C16H18N2O6/c1-16(2)13(14(19)20)12(11(8-17-16)15(21)24-3)9-5-4-6-10(7-9)18(22)23/h4-8,12-13,17H,1-3H3,(H,19,20). The van der Waals surface area contributed by atoms with Crippen LogP contribution in [0, 0.1) is 16.0 Å². The van der Waals surface area contributed by atoms with Gasteiger partial charge >= 0.3 is 11.9 Å². The van der Waals surface area contributed by atoms with Crippen LogP contribution in [0.1, 0.15) is 25.3 Å². The summed E-state index contributed by atoms with van der Waals surface area (Å²) in [4.78, 5) is 34.4. The van der Waals surface area contributed by atoms with Gasteiger partial charge in [0.2, 0.25) is 0 Å². The molecular weight excluding hydrogens is 316 g/mol. The number of nitrogens with one attached hydrogen (secondary N) is 1. The summed E-state index contributed by atoms with van der Waals surface area (Å²) in [6, 6.07) is 5.65. The Morgan fingerprint density at radius 3 is 2.58 bits per heavy atom. The number of ether oxygens (including phenoxy) is 1. The summed E-state index contributed by atoms with van der Waals surface area (Å²) < 4.78 is 4.74. The zero-order valence-corrected chi connectivity index (χ0v) is 13.5. The monoisotopic (exact) mass is 334 g/mol. The first-order chi connectivity index (χ1) is 11.2. The third kappa shape index (κ3) is 3.08. The molecule has 0 fully saturated rings. The number of nitro benzene ring substituents is 1. The molecule has 0 amide bonds. The third-order valence-electron chi connectivity index (χ3n) is 4.17. The minimum atomic E-state index is -1.11. The summed E-state index contributed by atoms with van der Waals surface area (Å²) in [7, 11) is 1.20. The predicted octanol–water partition coefficient (Wildman–Crippen LogP) is 1.82. The molecule has 1 aromatic rings. The molecule has 0 saturated heterocycles. The number of benzene rings is 1. The Bertz CT molecular complexity index is 725. The number of carboxylic acid groups (broad SMARTS) is 1. The molecule has 24 heavy (non-hydrogen) atoms. The summed E-state index contributed by atoms with van der Waals surface area (Å²) in [5.41, 5.74) is -0.539. The number of methoxy groups -OCH3 is 1. The minimum absolute atomic E-state index is 0.115. The van der Waals surface area contributed by atoms with Crippen molar-refractivity contribution in [2.45, 2.75) is 25.3 Å². The van der Waals surface area contributed by atoms with Gasteiger partial charge in [0, 0.05) is 29.8 Å². The van der Waals surface area contributed by atoms with Gasteiger partial charge in [-0.1, -0.05) is 12.1 Å². The van der Waals surface area contributed by atoms with Crippen molar-refractivity contribution in [1.82, 2.24) is 5.32 Å². The molecule has 8 nitrogen and oxygen atoms in total. The lowest BCUT2D eigenvalue weighted by atomic mass is 9.69. The van der Waals surface area contributed by atoms with Crippen molar-refractivity contribution < 1.29 is 24.4 Å². The molecular formula is C16H18N2O6. The number of carbonyl (C=O) groups excluding carboxylic acids is 1. The van der Waals surface area contributed by atoms with Gasteiger partial charge in [0.05, 0.1) is 23.5 Å². The molecule has 2 unspecified atom stereocenters. The quantitative estimate of drug-likeness (QED) is 0.489. The maximum atomic E-state index is 12.1.